The normalized spacial score (nSPS) is 14.3. The van der Waals surface area contributed by atoms with Crippen LogP contribution < -0.4 is 14.4 Å². The van der Waals surface area contributed by atoms with Gasteiger partial charge in [-0.15, -0.1) is 0 Å². The van der Waals surface area contributed by atoms with E-state index in [2.05, 4.69) is 12.2 Å². The van der Waals surface area contributed by atoms with Gasteiger partial charge in [-0.05, 0) is 54.5 Å². The van der Waals surface area contributed by atoms with Crippen LogP contribution in [-0.2, 0) is 26.2 Å². The SMILES string of the molecule is CCCCNC(=O)[C@@H](CC)N(Cc1cccc(OC)c1)C(=O)CCCN1c2cccc3cccc(c23)S1(=O)=O. The number of anilines is 1. The Balaban J connectivity index is 1.51. The van der Waals surface area contributed by atoms with Gasteiger partial charge in [0.25, 0.3) is 10.0 Å². The van der Waals surface area contributed by atoms with Crippen molar-refractivity contribution in [1.29, 1.82) is 0 Å². The Morgan fingerprint density at radius 2 is 1.77 bits per heavy atom. The van der Waals surface area contributed by atoms with Crippen molar-refractivity contribution in [1.82, 2.24) is 10.2 Å². The monoisotopic (exact) mass is 551 g/mol. The van der Waals surface area contributed by atoms with E-state index in [0.717, 1.165) is 29.2 Å². The van der Waals surface area contributed by atoms with Crippen molar-refractivity contribution in [2.75, 3.05) is 24.5 Å². The largest absolute Gasteiger partial charge is 0.497 e. The highest BCUT2D eigenvalue weighted by Gasteiger charge is 2.35. The predicted octanol–water partition coefficient (Wildman–Crippen LogP) is 4.86. The lowest BCUT2D eigenvalue weighted by Gasteiger charge is -2.31. The lowest BCUT2D eigenvalue weighted by atomic mass is 10.1. The van der Waals surface area contributed by atoms with Crippen molar-refractivity contribution >= 4 is 38.3 Å². The minimum absolute atomic E-state index is 0.112. The number of methoxy groups -OCH3 is 1. The average Bonchev–Trinajstić information content (AvgIpc) is 3.16. The van der Waals surface area contributed by atoms with Crippen LogP contribution in [0.15, 0.2) is 65.6 Å². The van der Waals surface area contributed by atoms with Crippen LogP contribution in [0.1, 0.15) is 51.5 Å². The number of carbonyl (C=O) groups excluding carboxylic acids is 2. The molecule has 1 atom stereocenters. The fraction of sp³-hybridized carbons (Fsp3) is 0.400. The average molecular weight is 552 g/mol. The van der Waals surface area contributed by atoms with Crippen LogP contribution in [0.25, 0.3) is 10.8 Å². The van der Waals surface area contributed by atoms with Gasteiger partial charge in [0.2, 0.25) is 11.8 Å². The second kappa shape index (κ2) is 12.5. The molecule has 3 aromatic rings. The summed E-state index contributed by atoms with van der Waals surface area (Å²) in [6.45, 7) is 4.94. The third kappa shape index (κ3) is 6.03. The van der Waals surface area contributed by atoms with E-state index >= 15 is 0 Å². The van der Waals surface area contributed by atoms with Gasteiger partial charge < -0.3 is 15.0 Å². The van der Waals surface area contributed by atoms with Crippen molar-refractivity contribution in [2.24, 2.45) is 0 Å². The molecule has 0 saturated carbocycles. The first kappa shape index (κ1) is 28.4. The first-order chi connectivity index (χ1) is 18.8. The van der Waals surface area contributed by atoms with Crippen LogP contribution in [-0.4, -0.2) is 51.4 Å². The molecular formula is C30H37N3O5S. The molecule has 2 amide bonds. The van der Waals surface area contributed by atoms with E-state index in [1.807, 2.05) is 49.4 Å². The van der Waals surface area contributed by atoms with Crippen LogP contribution in [0.5, 0.6) is 5.75 Å². The molecule has 0 unspecified atom stereocenters. The minimum atomic E-state index is -3.69. The summed E-state index contributed by atoms with van der Waals surface area (Å²) in [5.74, 6) is 0.308. The van der Waals surface area contributed by atoms with Gasteiger partial charge in [0.05, 0.1) is 17.7 Å². The Kier molecular flexibility index (Phi) is 9.12. The maximum atomic E-state index is 13.6. The van der Waals surface area contributed by atoms with E-state index in [1.54, 1.807) is 30.2 Å². The van der Waals surface area contributed by atoms with Gasteiger partial charge in [-0.1, -0.05) is 56.7 Å². The zero-order chi connectivity index (χ0) is 28.0. The molecule has 1 aliphatic heterocycles. The molecule has 9 heteroatoms. The number of amides is 2. The van der Waals surface area contributed by atoms with Gasteiger partial charge >= 0.3 is 0 Å². The molecule has 0 spiro atoms. The summed E-state index contributed by atoms with van der Waals surface area (Å²) in [5.41, 5.74) is 1.50. The highest BCUT2D eigenvalue weighted by molar-refractivity contribution is 7.93. The highest BCUT2D eigenvalue weighted by Crippen LogP contribution is 2.42. The molecule has 208 valence electrons. The van der Waals surface area contributed by atoms with Gasteiger partial charge in [-0.2, -0.15) is 0 Å². The number of nitrogens with zero attached hydrogens (tertiary/aromatic N) is 2. The highest BCUT2D eigenvalue weighted by atomic mass is 32.2. The number of rotatable bonds is 13. The summed E-state index contributed by atoms with van der Waals surface area (Å²) in [4.78, 5) is 28.6. The number of unbranched alkanes of at least 4 members (excludes halogenated alkanes) is 1. The van der Waals surface area contributed by atoms with Crippen molar-refractivity contribution in [3.63, 3.8) is 0 Å². The van der Waals surface area contributed by atoms with E-state index in [9.17, 15) is 18.0 Å². The number of sulfonamides is 1. The first-order valence-electron chi connectivity index (χ1n) is 13.6. The number of benzene rings is 3. The van der Waals surface area contributed by atoms with E-state index in [1.165, 1.54) is 4.31 Å². The third-order valence-electron chi connectivity index (χ3n) is 7.14. The van der Waals surface area contributed by atoms with Gasteiger partial charge in [0.15, 0.2) is 0 Å². The number of nitrogens with one attached hydrogen (secondary N) is 1. The molecule has 0 aromatic heterocycles. The Hall–Kier alpha value is -3.59. The van der Waals surface area contributed by atoms with Crippen LogP contribution in [0, 0.1) is 0 Å². The molecule has 0 radical (unpaired) electrons. The lowest BCUT2D eigenvalue weighted by Crippen LogP contribution is -2.49. The third-order valence-corrected chi connectivity index (χ3v) is 8.99. The molecule has 1 heterocycles. The fourth-order valence-corrected chi connectivity index (χ4v) is 6.86. The standard InChI is InChI=1S/C30H37N3O5S/c1-4-6-18-31-30(35)25(5-2)32(21-22-11-7-14-24(20-22)38-3)28(34)17-10-19-33-26-15-8-12-23-13-9-16-27(29(23)26)39(33,36)37/h7-9,11-16,20,25H,4-6,10,17-19,21H2,1-3H3,(H,31,35)/t25-/m1/s1. The van der Waals surface area contributed by atoms with E-state index in [-0.39, 0.29) is 31.3 Å². The zero-order valence-electron chi connectivity index (χ0n) is 22.9. The van der Waals surface area contributed by atoms with E-state index in [0.29, 0.717) is 35.7 Å². The van der Waals surface area contributed by atoms with Gasteiger partial charge in [0.1, 0.15) is 11.8 Å². The molecule has 0 aliphatic carbocycles. The maximum absolute atomic E-state index is 13.6. The van der Waals surface area contributed by atoms with E-state index < -0.39 is 16.1 Å². The van der Waals surface area contributed by atoms with Crippen LogP contribution in [0.4, 0.5) is 5.69 Å². The van der Waals surface area contributed by atoms with Crippen molar-refractivity contribution < 1.29 is 22.7 Å². The Labute approximate surface area is 231 Å². The van der Waals surface area contributed by atoms with Crippen LogP contribution in [0.2, 0.25) is 0 Å². The summed E-state index contributed by atoms with van der Waals surface area (Å²) >= 11 is 0. The lowest BCUT2D eigenvalue weighted by molar-refractivity contribution is -0.141. The van der Waals surface area contributed by atoms with Crippen molar-refractivity contribution in [3.8, 4) is 5.75 Å². The quantitative estimate of drug-likeness (QED) is 0.306. The summed E-state index contributed by atoms with van der Waals surface area (Å²) in [7, 11) is -2.10. The second-order valence-electron chi connectivity index (χ2n) is 9.75. The smallest absolute Gasteiger partial charge is 0.265 e. The minimum Gasteiger partial charge on any atom is -0.497 e. The topological polar surface area (TPSA) is 96.0 Å². The zero-order valence-corrected chi connectivity index (χ0v) is 23.7. The summed E-state index contributed by atoms with van der Waals surface area (Å²) in [6.07, 6.45) is 2.73. The summed E-state index contributed by atoms with van der Waals surface area (Å²) < 4.78 is 33.4. The maximum Gasteiger partial charge on any atom is 0.265 e. The number of hydrogen-bond donors (Lipinski definition) is 1. The molecule has 1 N–H and O–H groups in total. The van der Waals surface area contributed by atoms with Gasteiger partial charge in [0, 0.05) is 31.4 Å². The van der Waals surface area contributed by atoms with Crippen LogP contribution >= 0.6 is 0 Å². The summed E-state index contributed by atoms with van der Waals surface area (Å²) in [5, 5.41) is 4.56. The molecule has 8 nitrogen and oxygen atoms in total. The molecule has 0 saturated heterocycles. The summed E-state index contributed by atoms with van der Waals surface area (Å²) in [6, 6.07) is 17.7. The number of hydrogen-bond acceptors (Lipinski definition) is 5. The number of ether oxygens (including phenoxy) is 1. The predicted molar refractivity (Wildman–Crippen MR) is 153 cm³/mol. The number of carbonyl (C=O) groups is 2. The van der Waals surface area contributed by atoms with Gasteiger partial charge in [-0.25, -0.2) is 8.42 Å². The first-order valence-corrected chi connectivity index (χ1v) is 15.0. The molecule has 4 rings (SSSR count). The Morgan fingerprint density at radius 3 is 2.49 bits per heavy atom. The fourth-order valence-electron chi connectivity index (χ4n) is 5.11. The van der Waals surface area contributed by atoms with Crippen molar-refractivity contribution in [2.45, 2.75) is 63.4 Å². The Morgan fingerprint density at radius 1 is 1.03 bits per heavy atom. The molecule has 3 aromatic carbocycles. The second-order valence-corrected chi connectivity index (χ2v) is 11.6. The van der Waals surface area contributed by atoms with Crippen molar-refractivity contribution in [3.05, 3.63) is 66.2 Å². The van der Waals surface area contributed by atoms with Crippen LogP contribution in [0.3, 0.4) is 0 Å². The van der Waals surface area contributed by atoms with Gasteiger partial charge in [-0.3, -0.25) is 13.9 Å². The molecule has 1 aliphatic rings. The molecular weight excluding hydrogens is 514 g/mol. The molecule has 0 bridgehead atoms. The molecule has 39 heavy (non-hydrogen) atoms. The Bertz CT molecular complexity index is 1430. The van der Waals surface area contributed by atoms with E-state index in [4.69, 9.17) is 4.74 Å². The molecule has 0 fully saturated rings.